The van der Waals surface area contributed by atoms with Gasteiger partial charge in [0.15, 0.2) is 49.6 Å². The van der Waals surface area contributed by atoms with E-state index < -0.39 is 92.9 Å². The van der Waals surface area contributed by atoms with Gasteiger partial charge in [0.25, 0.3) is 0 Å². The van der Waals surface area contributed by atoms with Gasteiger partial charge in [-0.3, -0.25) is 0 Å². The molecule has 4 aromatic heterocycles. The van der Waals surface area contributed by atoms with Crippen LogP contribution in [0.15, 0.2) is 147 Å². The Kier molecular flexibility index (Phi) is 28.9. The van der Waals surface area contributed by atoms with Gasteiger partial charge in [0.05, 0.1) is 22.3 Å². The number of nitrogens with one attached hydrogen (secondary N) is 4. The van der Waals surface area contributed by atoms with Gasteiger partial charge in [0, 0.05) is 48.5 Å². The van der Waals surface area contributed by atoms with E-state index in [1.807, 2.05) is 49.6 Å². The maximum atomic E-state index is 10.7. The minimum Gasteiger partial charge on any atom is -0.867 e. The van der Waals surface area contributed by atoms with Crippen LogP contribution < -0.4 is 40.4 Å². The number of carboxylic acids is 4. The van der Waals surface area contributed by atoms with Crippen LogP contribution in [-0.4, -0.2) is 102 Å². The molecule has 0 aliphatic carbocycles. The third kappa shape index (κ3) is 22.9. The van der Waals surface area contributed by atoms with Crippen LogP contribution in [-0.2, 0) is 25.7 Å². The zero-order valence-corrected chi connectivity index (χ0v) is 40.8. The number of aromatic amines is 4. The predicted molar refractivity (Wildman–Crippen MR) is 262 cm³/mol. The third-order valence-corrected chi connectivity index (χ3v) is 9.74. The number of phenolic OH excluding ortho intramolecular Hbond substituents is 8. The molecule has 0 bridgehead atoms. The predicted octanol–water partition coefficient (Wildman–Crippen LogP) is -0.796. The average molecular weight is 1100 g/mol. The number of aromatic carboxylic acids is 4. The van der Waals surface area contributed by atoms with Crippen molar-refractivity contribution in [2.24, 2.45) is 0 Å². The number of benzene rings is 4. The Balaban J connectivity index is 0.000000919. The highest BCUT2D eigenvalue weighted by atomic mass is 16.4. The first-order valence-corrected chi connectivity index (χ1v) is 21.6. The van der Waals surface area contributed by atoms with Crippen molar-refractivity contribution < 1.29 is 137 Å². The average Bonchev–Trinajstić information content (AvgIpc) is 3.40. The summed E-state index contributed by atoms with van der Waals surface area (Å²) in [5.74, 6) is -15.3. The Bertz CT molecular complexity index is 2670. The van der Waals surface area contributed by atoms with Gasteiger partial charge in [-0.15, -0.1) is 0 Å². The highest BCUT2D eigenvalue weighted by Gasteiger charge is 2.10. The van der Waals surface area contributed by atoms with Gasteiger partial charge < -0.3 is 98.1 Å². The van der Waals surface area contributed by atoms with Crippen LogP contribution in [0.1, 0.15) is 63.7 Å². The van der Waals surface area contributed by atoms with E-state index in [1.165, 1.54) is 22.3 Å². The van der Waals surface area contributed by atoms with Crippen molar-refractivity contribution in [2.75, 3.05) is 0 Å². The first kappa shape index (κ1) is 67.8. The maximum absolute atomic E-state index is 10.7. The molecule has 8 rings (SSSR count). The molecule has 0 unspecified atom stereocenters. The molecule has 0 aliphatic rings. The van der Waals surface area contributed by atoms with Crippen LogP contribution in [0.5, 0.6) is 69.0 Å². The van der Waals surface area contributed by atoms with E-state index in [0.717, 1.165) is 74.2 Å². The molecule has 27 nitrogen and oxygen atoms in total. The topological polar surface area (TPSA) is 554 Å². The summed E-state index contributed by atoms with van der Waals surface area (Å²) in [6, 6.07) is 23.2. The molecule has 0 radical (unpaired) electrons. The van der Waals surface area contributed by atoms with E-state index in [-0.39, 0.29) is 38.7 Å². The summed E-state index contributed by atoms with van der Waals surface area (Å²) in [7, 11) is 0. The summed E-state index contributed by atoms with van der Waals surface area (Å²) in [5, 5.41) is 147. The summed E-state index contributed by atoms with van der Waals surface area (Å²) in [6.07, 6.45) is 20.1. The standard InChI is InChI=1S/2C12H12N2.4C7H6O5.3H2O/c2*1(11-3-7-13-8-4-11)2-12-5-9-14-10-6-12;4*8-4-1-3(7(11)12)2-5(9)6(4)10;;;/h2*3-10H,1-2H2;4*1-2,8-10H,(H,11,12);3*1H2. The highest BCUT2D eigenvalue weighted by Crippen LogP contribution is 2.35. The molecule has 4 aromatic carbocycles. The number of aryl methyl sites for hydroxylation is 4. The molecule has 22 N–H and O–H groups in total. The second kappa shape index (κ2) is 33.6. The molecule has 79 heavy (non-hydrogen) atoms. The molecule has 0 saturated carbocycles. The molecular formula is C52H54N4O23. The Hall–Kier alpha value is -11.2. The van der Waals surface area contributed by atoms with Crippen LogP contribution in [0.4, 0.5) is 0 Å². The molecular weight excluding hydrogens is 1050 g/mol. The van der Waals surface area contributed by atoms with Crippen LogP contribution in [0.3, 0.4) is 0 Å². The number of hydrogen-bond acceptors (Lipinski definition) is 16. The molecule has 0 amide bonds. The number of rotatable bonds is 10. The monoisotopic (exact) mass is 1100 g/mol. The highest BCUT2D eigenvalue weighted by molar-refractivity contribution is 5.91. The number of carbonyl (C=O) groups is 4. The number of pyridine rings is 4. The number of hydrogen-bond donors (Lipinski definition) is 12. The van der Waals surface area contributed by atoms with E-state index >= 15 is 0 Å². The van der Waals surface area contributed by atoms with Crippen molar-refractivity contribution in [1.82, 2.24) is 0 Å². The van der Waals surface area contributed by atoms with Gasteiger partial charge in [-0.25, -0.2) is 39.1 Å². The number of carboxylic acid groups (broad SMARTS) is 4. The van der Waals surface area contributed by atoms with Crippen molar-refractivity contribution >= 4 is 23.9 Å². The zero-order valence-electron chi connectivity index (χ0n) is 40.8. The second-order valence-corrected chi connectivity index (χ2v) is 15.2. The summed E-state index contributed by atoms with van der Waals surface area (Å²) in [4.78, 5) is 53.3. The fourth-order valence-electron chi connectivity index (χ4n) is 5.82. The largest absolute Gasteiger partial charge is 0.867 e. The molecule has 8 aromatic rings. The Morgan fingerprint density at radius 3 is 0.532 bits per heavy atom. The van der Waals surface area contributed by atoms with Gasteiger partial charge in [-0.05, 0) is 119 Å². The first-order valence-electron chi connectivity index (χ1n) is 21.6. The van der Waals surface area contributed by atoms with E-state index in [1.54, 1.807) is 0 Å². The Morgan fingerprint density at radius 1 is 0.291 bits per heavy atom. The van der Waals surface area contributed by atoms with Crippen LogP contribution in [0.25, 0.3) is 0 Å². The number of H-pyrrole nitrogens is 4. The molecule has 0 saturated heterocycles. The molecule has 27 heteroatoms. The van der Waals surface area contributed by atoms with E-state index in [2.05, 4.69) is 68.5 Å². The van der Waals surface area contributed by atoms with Gasteiger partial charge in [0.1, 0.15) is 46.0 Å². The normalized spacial score (nSPS) is 9.42. The minimum absolute atomic E-state index is 0. The summed E-state index contributed by atoms with van der Waals surface area (Å²) in [5.41, 5.74) is 4.17. The molecule has 4 heterocycles. The van der Waals surface area contributed by atoms with Crippen molar-refractivity contribution in [3.8, 4) is 69.0 Å². The molecule has 0 aliphatic heterocycles. The van der Waals surface area contributed by atoms with Crippen molar-refractivity contribution in [1.29, 1.82) is 0 Å². The van der Waals surface area contributed by atoms with Gasteiger partial charge in [-0.2, -0.15) is 0 Å². The van der Waals surface area contributed by atoms with Gasteiger partial charge in [0.2, 0.25) is 0 Å². The number of aromatic nitrogens is 4. The van der Waals surface area contributed by atoms with Crippen molar-refractivity contribution in [3.05, 3.63) is 191 Å². The Morgan fingerprint density at radius 2 is 0.418 bits per heavy atom. The van der Waals surface area contributed by atoms with Crippen LogP contribution in [0.2, 0.25) is 0 Å². The Labute approximate surface area is 445 Å². The molecule has 0 atom stereocenters. The lowest BCUT2D eigenvalue weighted by molar-refractivity contribution is -0.378. The summed E-state index contributed by atoms with van der Waals surface area (Å²) >= 11 is 0. The van der Waals surface area contributed by atoms with Gasteiger partial charge in [-0.1, -0.05) is 0 Å². The maximum Gasteiger partial charge on any atom is 0.335 e. The van der Waals surface area contributed by atoms with E-state index in [0.29, 0.717) is 0 Å². The quantitative estimate of drug-likeness (QED) is 0.0798. The van der Waals surface area contributed by atoms with Crippen LogP contribution in [0, 0.1) is 0 Å². The first-order chi connectivity index (χ1) is 36.0. The second-order valence-electron chi connectivity index (χ2n) is 15.2. The fraction of sp³-hybridized carbons (Fsp3) is 0.0769. The lowest BCUT2D eigenvalue weighted by Crippen LogP contribution is -2.01. The summed E-state index contributed by atoms with van der Waals surface area (Å²) in [6.45, 7) is 0. The SMILES string of the molecule is O.O.O.O=C(O)c1cc(O)c([O-])c(O)c1.O=C(O)c1cc(O)c([O-])c(O)c1.O=C(O)c1cc(O)c([O-])c(O)c1.O=C(O)c1cc(O)c([O-])c(O)c1.c1cc(CCc2cc[nH+]cc2)cc[nH+]1.c1cc(CCc2cc[nH+]cc2)cc[nH+]1. The molecule has 420 valence electrons. The smallest absolute Gasteiger partial charge is 0.335 e. The van der Waals surface area contributed by atoms with Crippen molar-refractivity contribution in [2.45, 2.75) is 25.7 Å². The summed E-state index contributed by atoms with van der Waals surface area (Å²) < 4.78 is 0. The third-order valence-electron chi connectivity index (χ3n) is 9.74. The van der Waals surface area contributed by atoms with E-state index in [4.69, 9.17) is 61.3 Å². The molecule has 0 fully saturated rings. The zero-order chi connectivity index (χ0) is 56.5. The molecule has 0 spiro atoms. The lowest BCUT2D eigenvalue weighted by Gasteiger charge is -2.10. The van der Waals surface area contributed by atoms with Crippen LogP contribution >= 0.6 is 0 Å². The minimum atomic E-state index is -1.32. The fourth-order valence-corrected chi connectivity index (χ4v) is 5.82. The lowest BCUT2D eigenvalue weighted by atomic mass is 10.1. The van der Waals surface area contributed by atoms with Crippen molar-refractivity contribution in [3.63, 3.8) is 0 Å². The number of aromatic hydroxyl groups is 8. The number of phenols is 8. The van der Waals surface area contributed by atoms with Gasteiger partial charge >= 0.3 is 23.9 Å². The van der Waals surface area contributed by atoms with E-state index in [9.17, 15) is 39.6 Å².